The first-order valence-electron chi connectivity index (χ1n) is 7.30. The topological polar surface area (TPSA) is 46.3 Å². The summed E-state index contributed by atoms with van der Waals surface area (Å²) >= 11 is 0. The fourth-order valence-electron chi connectivity index (χ4n) is 3.73. The zero-order valence-electron chi connectivity index (χ0n) is 11.5. The lowest BCUT2D eigenvalue weighted by molar-refractivity contribution is 0.101. The number of benzene rings is 1. The quantitative estimate of drug-likeness (QED) is 0.830. The summed E-state index contributed by atoms with van der Waals surface area (Å²) in [6.07, 6.45) is 5.94. The minimum absolute atomic E-state index is 0.140. The van der Waals surface area contributed by atoms with Crippen molar-refractivity contribution in [2.45, 2.75) is 57.2 Å². The number of nitrogens with zero attached hydrogens (tertiary/aromatic N) is 1. The maximum atomic E-state index is 11.5. The number of carbonyl (C=O) groups is 1. The molecule has 0 amide bonds. The van der Waals surface area contributed by atoms with Crippen molar-refractivity contribution in [2.24, 2.45) is 5.73 Å². The Labute approximate surface area is 114 Å². The van der Waals surface area contributed by atoms with Crippen molar-refractivity contribution >= 4 is 11.5 Å². The summed E-state index contributed by atoms with van der Waals surface area (Å²) in [5, 5.41) is 0. The van der Waals surface area contributed by atoms with Gasteiger partial charge in [0.25, 0.3) is 0 Å². The Bertz CT molecular complexity index is 471. The SMILES string of the molecule is CC(=O)c1cccc(N2C3CCCC2CC(N)C3)c1. The van der Waals surface area contributed by atoms with Crippen molar-refractivity contribution < 1.29 is 4.79 Å². The minimum atomic E-state index is 0.140. The number of nitrogens with two attached hydrogens (primary N) is 1. The molecule has 1 aromatic rings. The predicted molar refractivity (Wildman–Crippen MR) is 77.6 cm³/mol. The van der Waals surface area contributed by atoms with E-state index in [0.717, 1.165) is 18.4 Å². The highest BCUT2D eigenvalue weighted by atomic mass is 16.1. The molecule has 2 saturated heterocycles. The molecule has 0 saturated carbocycles. The van der Waals surface area contributed by atoms with E-state index >= 15 is 0 Å². The van der Waals surface area contributed by atoms with Gasteiger partial charge >= 0.3 is 0 Å². The third kappa shape index (κ3) is 2.39. The molecule has 3 heteroatoms. The standard InChI is InChI=1S/C16H22N2O/c1-11(19)12-4-2-5-14(8-12)18-15-6-3-7-16(18)10-13(17)9-15/h2,4-5,8,13,15-16H,3,6-7,9-10,17H2,1H3. The molecule has 3 rings (SSSR count). The summed E-state index contributed by atoms with van der Waals surface area (Å²) in [7, 11) is 0. The Hall–Kier alpha value is -1.35. The summed E-state index contributed by atoms with van der Waals surface area (Å²) in [5.41, 5.74) is 8.18. The highest BCUT2D eigenvalue weighted by Gasteiger charge is 2.37. The first-order chi connectivity index (χ1) is 9.15. The van der Waals surface area contributed by atoms with E-state index in [0.29, 0.717) is 18.1 Å². The predicted octanol–water partition coefficient (Wildman–Crippen LogP) is 2.74. The number of carbonyl (C=O) groups excluding carboxylic acids is 1. The van der Waals surface area contributed by atoms with Crippen molar-refractivity contribution in [3.05, 3.63) is 29.8 Å². The van der Waals surface area contributed by atoms with Gasteiger partial charge in [-0.25, -0.2) is 0 Å². The van der Waals surface area contributed by atoms with Crippen molar-refractivity contribution in [3.63, 3.8) is 0 Å². The maximum absolute atomic E-state index is 11.5. The number of hydrogen-bond donors (Lipinski definition) is 1. The average Bonchev–Trinajstić information content (AvgIpc) is 2.37. The number of hydrogen-bond acceptors (Lipinski definition) is 3. The Morgan fingerprint density at radius 3 is 2.58 bits per heavy atom. The number of Topliss-reactive ketones (excluding diaryl/α,β-unsaturated/α-hetero) is 1. The molecule has 0 spiro atoms. The molecule has 3 nitrogen and oxygen atoms in total. The molecule has 2 heterocycles. The lowest BCUT2D eigenvalue weighted by atomic mass is 9.81. The summed E-state index contributed by atoms with van der Waals surface area (Å²) in [4.78, 5) is 14.1. The van der Waals surface area contributed by atoms with Gasteiger partial charge in [0.2, 0.25) is 0 Å². The maximum Gasteiger partial charge on any atom is 0.159 e. The van der Waals surface area contributed by atoms with Gasteiger partial charge in [-0.3, -0.25) is 4.79 Å². The normalized spacial score (nSPS) is 30.2. The van der Waals surface area contributed by atoms with Crippen LogP contribution in [-0.4, -0.2) is 23.9 Å². The third-order valence-corrected chi connectivity index (χ3v) is 4.56. The Kier molecular flexibility index (Phi) is 3.31. The van der Waals surface area contributed by atoms with E-state index in [1.807, 2.05) is 18.2 Å². The monoisotopic (exact) mass is 258 g/mol. The van der Waals surface area contributed by atoms with Crippen LogP contribution in [0.3, 0.4) is 0 Å². The molecule has 2 N–H and O–H groups in total. The summed E-state index contributed by atoms with van der Waals surface area (Å²) in [5.74, 6) is 0.140. The lowest BCUT2D eigenvalue weighted by Gasteiger charge is -2.49. The number of piperidine rings is 2. The van der Waals surface area contributed by atoms with Crippen LogP contribution in [0.2, 0.25) is 0 Å². The third-order valence-electron chi connectivity index (χ3n) is 4.56. The van der Waals surface area contributed by atoms with Crippen molar-refractivity contribution in [1.82, 2.24) is 0 Å². The molecular formula is C16H22N2O. The zero-order chi connectivity index (χ0) is 13.4. The molecule has 2 aliphatic heterocycles. The fourth-order valence-corrected chi connectivity index (χ4v) is 3.73. The van der Waals surface area contributed by atoms with Gasteiger partial charge in [0.05, 0.1) is 0 Å². The molecule has 2 bridgehead atoms. The summed E-state index contributed by atoms with van der Waals surface area (Å²) in [6, 6.07) is 9.55. The molecule has 2 fully saturated rings. The van der Waals surface area contributed by atoms with Crippen molar-refractivity contribution in [3.8, 4) is 0 Å². The Balaban J connectivity index is 1.92. The summed E-state index contributed by atoms with van der Waals surface area (Å²) < 4.78 is 0. The van der Waals surface area contributed by atoms with E-state index in [9.17, 15) is 4.79 Å². The van der Waals surface area contributed by atoms with E-state index in [1.165, 1.54) is 24.9 Å². The smallest absolute Gasteiger partial charge is 0.159 e. The molecule has 2 atom stereocenters. The average molecular weight is 258 g/mol. The molecule has 1 aromatic carbocycles. The number of ketones is 1. The van der Waals surface area contributed by atoms with Crippen LogP contribution < -0.4 is 10.6 Å². The largest absolute Gasteiger partial charge is 0.365 e. The van der Waals surface area contributed by atoms with E-state index in [-0.39, 0.29) is 5.78 Å². The van der Waals surface area contributed by atoms with Gasteiger partial charge in [-0.1, -0.05) is 12.1 Å². The molecule has 0 aliphatic carbocycles. The second-order valence-electron chi connectivity index (χ2n) is 5.98. The van der Waals surface area contributed by atoms with Gasteiger partial charge in [-0.2, -0.15) is 0 Å². The van der Waals surface area contributed by atoms with Gasteiger partial charge in [0.1, 0.15) is 0 Å². The van der Waals surface area contributed by atoms with E-state index in [4.69, 9.17) is 5.73 Å². The lowest BCUT2D eigenvalue weighted by Crippen LogP contribution is -2.55. The Morgan fingerprint density at radius 2 is 1.95 bits per heavy atom. The van der Waals surface area contributed by atoms with Crippen LogP contribution in [0.25, 0.3) is 0 Å². The van der Waals surface area contributed by atoms with Gasteiger partial charge in [-0.05, 0) is 51.2 Å². The number of fused-ring (bicyclic) bond motifs is 2. The summed E-state index contributed by atoms with van der Waals surface area (Å²) in [6.45, 7) is 1.63. The van der Waals surface area contributed by atoms with Gasteiger partial charge < -0.3 is 10.6 Å². The molecule has 0 radical (unpaired) electrons. The van der Waals surface area contributed by atoms with E-state index in [1.54, 1.807) is 6.92 Å². The van der Waals surface area contributed by atoms with Crippen LogP contribution in [0, 0.1) is 0 Å². The van der Waals surface area contributed by atoms with Crippen LogP contribution in [0.4, 0.5) is 5.69 Å². The van der Waals surface area contributed by atoms with Crippen LogP contribution in [0.1, 0.15) is 49.4 Å². The highest BCUT2D eigenvalue weighted by molar-refractivity contribution is 5.95. The molecule has 2 aliphatic rings. The minimum Gasteiger partial charge on any atom is -0.365 e. The number of rotatable bonds is 2. The molecule has 0 aromatic heterocycles. The highest BCUT2D eigenvalue weighted by Crippen LogP contribution is 2.37. The molecular weight excluding hydrogens is 236 g/mol. The van der Waals surface area contributed by atoms with Crippen LogP contribution in [0.15, 0.2) is 24.3 Å². The van der Waals surface area contributed by atoms with Gasteiger partial charge in [0.15, 0.2) is 5.78 Å². The first kappa shape index (κ1) is 12.7. The van der Waals surface area contributed by atoms with Crippen LogP contribution >= 0.6 is 0 Å². The van der Waals surface area contributed by atoms with Crippen molar-refractivity contribution in [2.75, 3.05) is 4.90 Å². The van der Waals surface area contributed by atoms with Crippen LogP contribution in [0.5, 0.6) is 0 Å². The molecule has 19 heavy (non-hydrogen) atoms. The zero-order valence-corrected chi connectivity index (χ0v) is 11.5. The van der Waals surface area contributed by atoms with Crippen LogP contribution in [-0.2, 0) is 0 Å². The molecule has 2 unspecified atom stereocenters. The van der Waals surface area contributed by atoms with Gasteiger partial charge in [0, 0.05) is 29.4 Å². The first-order valence-corrected chi connectivity index (χ1v) is 7.30. The van der Waals surface area contributed by atoms with Crippen molar-refractivity contribution in [1.29, 1.82) is 0 Å². The second kappa shape index (κ2) is 4.97. The fraction of sp³-hybridized carbons (Fsp3) is 0.562. The number of anilines is 1. The van der Waals surface area contributed by atoms with E-state index in [2.05, 4.69) is 11.0 Å². The second-order valence-corrected chi connectivity index (χ2v) is 5.98. The molecule has 102 valence electrons. The Morgan fingerprint density at radius 1 is 1.26 bits per heavy atom. The van der Waals surface area contributed by atoms with E-state index < -0.39 is 0 Å². The van der Waals surface area contributed by atoms with Gasteiger partial charge in [-0.15, -0.1) is 0 Å².